The first-order valence-electron chi connectivity index (χ1n) is 5.78. The second-order valence-electron chi connectivity index (χ2n) is 4.15. The largest absolute Gasteiger partial charge is 0.494 e. The van der Waals surface area contributed by atoms with Crippen LogP contribution in [0.3, 0.4) is 0 Å². The van der Waals surface area contributed by atoms with Gasteiger partial charge in [-0.3, -0.25) is 0 Å². The highest BCUT2D eigenvalue weighted by atomic mass is 16.5. The number of rotatable bonds is 3. The summed E-state index contributed by atoms with van der Waals surface area (Å²) in [5.74, 6) is 0.805. The molecule has 88 valence electrons. The second-order valence-corrected chi connectivity index (χ2v) is 4.15. The lowest BCUT2D eigenvalue weighted by molar-refractivity contribution is -0.0903. The summed E-state index contributed by atoms with van der Waals surface area (Å²) in [6.45, 7) is 3.71. The molecule has 2 rings (SSSR count). The Morgan fingerprint density at radius 3 is 3.06 bits per heavy atom. The third kappa shape index (κ3) is 2.36. The number of hydrogen-bond donors (Lipinski definition) is 1. The number of benzene rings is 1. The smallest absolute Gasteiger partial charge is 0.119 e. The van der Waals surface area contributed by atoms with Crippen LogP contribution in [0.5, 0.6) is 5.75 Å². The molecule has 1 aromatic carbocycles. The highest BCUT2D eigenvalue weighted by molar-refractivity contribution is 5.32. The maximum absolute atomic E-state index is 10.5. The highest BCUT2D eigenvalue weighted by Crippen LogP contribution is 2.31. The fraction of sp³-hybridized carbons (Fsp3) is 0.538. The maximum Gasteiger partial charge on any atom is 0.119 e. The zero-order valence-electron chi connectivity index (χ0n) is 9.61. The summed E-state index contributed by atoms with van der Waals surface area (Å²) in [5.41, 5.74) is 0.0453. The van der Waals surface area contributed by atoms with Crippen LogP contribution in [0.4, 0.5) is 0 Å². The predicted molar refractivity (Wildman–Crippen MR) is 61.6 cm³/mol. The van der Waals surface area contributed by atoms with E-state index in [1.165, 1.54) is 0 Å². The molecule has 1 aliphatic rings. The quantitative estimate of drug-likeness (QED) is 0.851. The molecular formula is C13H18O3. The van der Waals surface area contributed by atoms with E-state index in [-0.39, 0.29) is 0 Å². The molecule has 3 heteroatoms. The molecule has 0 spiro atoms. The van der Waals surface area contributed by atoms with Crippen LogP contribution >= 0.6 is 0 Å². The van der Waals surface area contributed by atoms with Crippen molar-refractivity contribution in [1.29, 1.82) is 0 Å². The van der Waals surface area contributed by atoms with Gasteiger partial charge in [0.1, 0.15) is 11.4 Å². The number of ether oxygens (including phenoxy) is 2. The molecule has 1 fully saturated rings. The number of aliphatic hydroxyl groups is 1. The monoisotopic (exact) mass is 222 g/mol. The molecule has 0 radical (unpaired) electrons. The minimum Gasteiger partial charge on any atom is -0.494 e. The van der Waals surface area contributed by atoms with Crippen LogP contribution in [-0.2, 0) is 10.3 Å². The van der Waals surface area contributed by atoms with E-state index in [0.717, 1.165) is 30.8 Å². The SMILES string of the molecule is CCOc1cccc(C2(O)CCCOC2)c1. The van der Waals surface area contributed by atoms with E-state index in [9.17, 15) is 5.11 Å². The second kappa shape index (κ2) is 4.85. The van der Waals surface area contributed by atoms with E-state index in [2.05, 4.69) is 0 Å². The van der Waals surface area contributed by atoms with Crippen molar-refractivity contribution in [2.24, 2.45) is 0 Å². The summed E-state index contributed by atoms with van der Waals surface area (Å²) in [6.07, 6.45) is 1.65. The molecule has 1 aliphatic heterocycles. The Bertz CT molecular complexity index is 343. The Morgan fingerprint density at radius 1 is 1.50 bits per heavy atom. The van der Waals surface area contributed by atoms with Crippen molar-refractivity contribution in [2.75, 3.05) is 19.8 Å². The normalized spacial score (nSPS) is 25.4. The molecule has 1 saturated heterocycles. The summed E-state index contributed by atoms with van der Waals surface area (Å²) in [6, 6.07) is 7.64. The van der Waals surface area contributed by atoms with Gasteiger partial charge in [0.25, 0.3) is 0 Å². The van der Waals surface area contributed by atoms with Gasteiger partial charge >= 0.3 is 0 Å². The standard InChI is InChI=1S/C13H18O3/c1-2-16-12-6-3-5-11(9-12)13(14)7-4-8-15-10-13/h3,5-6,9,14H,2,4,7-8,10H2,1H3. The van der Waals surface area contributed by atoms with E-state index < -0.39 is 5.60 Å². The topological polar surface area (TPSA) is 38.7 Å². The van der Waals surface area contributed by atoms with Crippen LogP contribution in [0, 0.1) is 0 Å². The Labute approximate surface area is 96.0 Å². The molecule has 0 saturated carbocycles. The molecule has 1 aromatic rings. The van der Waals surface area contributed by atoms with Crippen LogP contribution in [0.15, 0.2) is 24.3 Å². The molecule has 1 heterocycles. The van der Waals surface area contributed by atoms with Gasteiger partial charge in [0.15, 0.2) is 0 Å². The number of hydrogen-bond acceptors (Lipinski definition) is 3. The first-order chi connectivity index (χ1) is 7.74. The average Bonchev–Trinajstić information content (AvgIpc) is 2.31. The molecule has 1 N–H and O–H groups in total. The van der Waals surface area contributed by atoms with Crippen molar-refractivity contribution >= 4 is 0 Å². The van der Waals surface area contributed by atoms with Crippen molar-refractivity contribution in [3.05, 3.63) is 29.8 Å². The molecule has 3 nitrogen and oxygen atoms in total. The van der Waals surface area contributed by atoms with Gasteiger partial charge in [-0.2, -0.15) is 0 Å². The summed E-state index contributed by atoms with van der Waals surface area (Å²) in [4.78, 5) is 0. The van der Waals surface area contributed by atoms with Crippen molar-refractivity contribution in [2.45, 2.75) is 25.4 Å². The van der Waals surface area contributed by atoms with Gasteiger partial charge in [-0.1, -0.05) is 12.1 Å². The zero-order chi connectivity index (χ0) is 11.4. The summed E-state index contributed by atoms with van der Waals surface area (Å²) in [5, 5.41) is 10.5. The summed E-state index contributed by atoms with van der Waals surface area (Å²) in [7, 11) is 0. The molecule has 0 bridgehead atoms. The molecular weight excluding hydrogens is 204 g/mol. The van der Waals surface area contributed by atoms with Gasteiger partial charge < -0.3 is 14.6 Å². The van der Waals surface area contributed by atoms with Crippen LogP contribution in [0.2, 0.25) is 0 Å². The molecule has 0 aromatic heterocycles. The molecule has 1 atom stereocenters. The van der Waals surface area contributed by atoms with Gasteiger partial charge in [-0.05, 0) is 37.5 Å². The molecule has 0 amide bonds. The third-order valence-electron chi connectivity index (χ3n) is 2.90. The van der Waals surface area contributed by atoms with Crippen LogP contribution in [0.1, 0.15) is 25.3 Å². The minimum absolute atomic E-state index is 0.378. The van der Waals surface area contributed by atoms with Crippen molar-refractivity contribution in [1.82, 2.24) is 0 Å². The fourth-order valence-electron chi connectivity index (χ4n) is 2.05. The average molecular weight is 222 g/mol. The maximum atomic E-state index is 10.5. The van der Waals surface area contributed by atoms with E-state index in [1.807, 2.05) is 31.2 Å². The Hall–Kier alpha value is -1.06. The lowest BCUT2D eigenvalue weighted by atomic mass is 9.88. The fourth-order valence-corrected chi connectivity index (χ4v) is 2.05. The van der Waals surface area contributed by atoms with Crippen LogP contribution in [0.25, 0.3) is 0 Å². The Kier molecular flexibility index (Phi) is 3.46. The van der Waals surface area contributed by atoms with E-state index in [0.29, 0.717) is 13.2 Å². The minimum atomic E-state index is -0.842. The van der Waals surface area contributed by atoms with Gasteiger partial charge in [0.05, 0.1) is 13.2 Å². The van der Waals surface area contributed by atoms with Gasteiger partial charge in [0.2, 0.25) is 0 Å². The van der Waals surface area contributed by atoms with Crippen molar-refractivity contribution in [3.63, 3.8) is 0 Å². The van der Waals surface area contributed by atoms with Crippen molar-refractivity contribution in [3.8, 4) is 5.75 Å². The van der Waals surface area contributed by atoms with Crippen LogP contribution in [-0.4, -0.2) is 24.9 Å². The summed E-state index contributed by atoms with van der Waals surface area (Å²) < 4.78 is 10.8. The molecule has 16 heavy (non-hydrogen) atoms. The first kappa shape index (κ1) is 11.4. The van der Waals surface area contributed by atoms with Gasteiger partial charge in [0, 0.05) is 6.61 Å². The van der Waals surface area contributed by atoms with Gasteiger partial charge in [-0.15, -0.1) is 0 Å². The lowest BCUT2D eigenvalue weighted by Gasteiger charge is -2.32. The molecule has 1 unspecified atom stereocenters. The highest BCUT2D eigenvalue weighted by Gasteiger charge is 2.32. The van der Waals surface area contributed by atoms with E-state index in [4.69, 9.17) is 9.47 Å². The molecule has 0 aliphatic carbocycles. The van der Waals surface area contributed by atoms with Crippen molar-refractivity contribution < 1.29 is 14.6 Å². The third-order valence-corrected chi connectivity index (χ3v) is 2.90. The first-order valence-corrected chi connectivity index (χ1v) is 5.78. The predicted octanol–water partition coefficient (Wildman–Crippen LogP) is 2.08. The Balaban J connectivity index is 2.21. The lowest BCUT2D eigenvalue weighted by Crippen LogP contribution is -2.35. The zero-order valence-corrected chi connectivity index (χ0v) is 9.61. The summed E-state index contributed by atoms with van der Waals surface area (Å²) >= 11 is 0. The van der Waals surface area contributed by atoms with E-state index in [1.54, 1.807) is 0 Å². The van der Waals surface area contributed by atoms with Gasteiger partial charge in [-0.25, -0.2) is 0 Å². The van der Waals surface area contributed by atoms with Crippen LogP contribution < -0.4 is 4.74 Å². The van der Waals surface area contributed by atoms with E-state index >= 15 is 0 Å². The Morgan fingerprint density at radius 2 is 2.38 bits per heavy atom.